The molecule has 0 saturated carbocycles. The van der Waals surface area contributed by atoms with Crippen LogP contribution >= 0.6 is 0 Å². The summed E-state index contributed by atoms with van der Waals surface area (Å²) in [5.74, 6) is -0.766. The molecule has 0 spiro atoms. The molecule has 0 aliphatic rings. The molecule has 0 aliphatic carbocycles. The lowest BCUT2D eigenvalue weighted by Gasteiger charge is -2.19. The van der Waals surface area contributed by atoms with Crippen LogP contribution < -0.4 is 10.9 Å². The van der Waals surface area contributed by atoms with Gasteiger partial charge in [0.1, 0.15) is 0 Å². The van der Waals surface area contributed by atoms with Crippen LogP contribution in [0.15, 0.2) is 25.3 Å². The highest BCUT2D eigenvalue weighted by Crippen LogP contribution is 1.77. The molecule has 0 aromatic carbocycles. The Balaban J connectivity index is 4.02. The molecule has 0 rings (SSSR count). The Labute approximate surface area is 77.0 Å². The van der Waals surface area contributed by atoms with Crippen LogP contribution in [0.5, 0.6) is 0 Å². The average molecular weight is 183 g/mol. The van der Waals surface area contributed by atoms with Crippen LogP contribution in [0.25, 0.3) is 0 Å². The lowest BCUT2D eigenvalue weighted by Crippen LogP contribution is -2.51. The number of hydrogen-bond donors (Lipinski definition) is 2. The number of carbonyl (C=O) groups excluding carboxylic acids is 2. The van der Waals surface area contributed by atoms with Crippen molar-refractivity contribution >= 4 is 11.8 Å². The Morgan fingerprint density at radius 2 is 1.62 bits per heavy atom. The van der Waals surface area contributed by atoms with E-state index in [2.05, 4.69) is 24.0 Å². The summed E-state index contributed by atoms with van der Waals surface area (Å²) < 4.78 is 0. The van der Waals surface area contributed by atoms with Gasteiger partial charge in [-0.05, 0) is 19.1 Å². The summed E-state index contributed by atoms with van der Waals surface area (Å²) in [6.45, 7) is 8.77. The van der Waals surface area contributed by atoms with E-state index < -0.39 is 0 Å². The van der Waals surface area contributed by atoms with E-state index in [1.165, 1.54) is 5.12 Å². The second kappa shape index (κ2) is 5.96. The van der Waals surface area contributed by atoms with Gasteiger partial charge < -0.3 is 0 Å². The third kappa shape index (κ3) is 4.76. The van der Waals surface area contributed by atoms with Gasteiger partial charge in [-0.15, -0.1) is 5.12 Å². The molecule has 0 aromatic heterocycles. The fourth-order valence-corrected chi connectivity index (χ4v) is 0.543. The topological polar surface area (TPSA) is 61.4 Å². The third-order valence-electron chi connectivity index (χ3n) is 1.18. The van der Waals surface area contributed by atoms with E-state index in [0.29, 0.717) is 6.54 Å². The van der Waals surface area contributed by atoms with Gasteiger partial charge in [-0.2, -0.15) is 0 Å². The lowest BCUT2D eigenvalue weighted by molar-refractivity contribution is -0.128. The molecule has 0 aromatic rings. The first-order valence-corrected chi connectivity index (χ1v) is 3.77. The van der Waals surface area contributed by atoms with E-state index in [0.717, 1.165) is 12.2 Å². The maximum absolute atomic E-state index is 10.8. The van der Waals surface area contributed by atoms with Crippen molar-refractivity contribution in [3.8, 4) is 0 Å². The van der Waals surface area contributed by atoms with Gasteiger partial charge in [-0.3, -0.25) is 20.4 Å². The zero-order valence-electron chi connectivity index (χ0n) is 7.54. The molecule has 0 atom stereocenters. The Morgan fingerprint density at radius 3 is 1.85 bits per heavy atom. The highest BCUT2D eigenvalue weighted by Gasteiger charge is 2.05. The zero-order chi connectivity index (χ0) is 10.3. The SMILES string of the molecule is C=CC(=O)NN(CC)NC(=O)C=C. The summed E-state index contributed by atoms with van der Waals surface area (Å²) in [5.41, 5.74) is 4.76. The normalized spacial score (nSPS) is 9.08. The fourth-order valence-electron chi connectivity index (χ4n) is 0.543. The summed E-state index contributed by atoms with van der Waals surface area (Å²) >= 11 is 0. The van der Waals surface area contributed by atoms with Crippen molar-refractivity contribution in [3.05, 3.63) is 25.3 Å². The van der Waals surface area contributed by atoms with E-state index in [1.54, 1.807) is 6.92 Å². The van der Waals surface area contributed by atoms with Gasteiger partial charge >= 0.3 is 0 Å². The number of nitrogens with zero attached hydrogens (tertiary/aromatic N) is 1. The van der Waals surface area contributed by atoms with Crippen LogP contribution in [0.2, 0.25) is 0 Å². The smallest absolute Gasteiger partial charge is 0.259 e. The minimum absolute atomic E-state index is 0.383. The summed E-state index contributed by atoms with van der Waals surface area (Å²) in [6, 6.07) is 0. The van der Waals surface area contributed by atoms with Crippen molar-refractivity contribution in [3.63, 3.8) is 0 Å². The first-order chi connectivity index (χ1) is 6.13. The molecule has 13 heavy (non-hydrogen) atoms. The monoisotopic (exact) mass is 183 g/mol. The Bertz CT molecular complexity index is 203. The number of rotatable bonds is 5. The summed E-state index contributed by atoms with van der Waals surface area (Å²) in [6.07, 6.45) is 2.23. The van der Waals surface area contributed by atoms with Gasteiger partial charge in [0.2, 0.25) is 0 Å². The molecular formula is C8H13N3O2. The predicted molar refractivity (Wildman–Crippen MR) is 49.1 cm³/mol. The maximum atomic E-state index is 10.8. The molecule has 5 heteroatoms. The van der Waals surface area contributed by atoms with Crippen molar-refractivity contribution in [1.29, 1.82) is 0 Å². The molecule has 2 N–H and O–H groups in total. The Hall–Kier alpha value is -1.62. The second-order valence-electron chi connectivity index (χ2n) is 2.10. The number of carbonyl (C=O) groups is 2. The molecular weight excluding hydrogens is 170 g/mol. The molecule has 2 amide bonds. The Morgan fingerprint density at radius 1 is 1.23 bits per heavy atom. The van der Waals surface area contributed by atoms with E-state index in [-0.39, 0.29) is 11.8 Å². The van der Waals surface area contributed by atoms with Crippen LogP contribution in [0, 0.1) is 0 Å². The predicted octanol–water partition coefficient (Wildman–Crippen LogP) is -0.257. The average Bonchev–Trinajstić information content (AvgIpc) is 2.16. The summed E-state index contributed by atoms with van der Waals surface area (Å²) in [7, 11) is 0. The number of hydrogen-bond acceptors (Lipinski definition) is 3. The zero-order valence-corrected chi connectivity index (χ0v) is 7.54. The van der Waals surface area contributed by atoms with Crippen LogP contribution in [-0.4, -0.2) is 23.5 Å². The van der Waals surface area contributed by atoms with E-state index >= 15 is 0 Å². The lowest BCUT2D eigenvalue weighted by atomic mass is 10.6. The van der Waals surface area contributed by atoms with Gasteiger partial charge in [0.15, 0.2) is 0 Å². The number of amides is 2. The van der Waals surface area contributed by atoms with Crippen molar-refractivity contribution in [2.45, 2.75) is 6.92 Å². The minimum atomic E-state index is -0.383. The van der Waals surface area contributed by atoms with Crippen molar-refractivity contribution < 1.29 is 9.59 Å². The van der Waals surface area contributed by atoms with Crippen LogP contribution in [0.1, 0.15) is 6.92 Å². The minimum Gasteiger partial charge on any atom is -0.269 e. The van der Waals surface area contributed by atoms with Gasteiger partial charge in [-0.25, -0.2) is 0 Å². The quantitative estimate of drug-likeness (QED) is 0.456. The van der Waals surface area contributed by atoms with Crippen LogP contribution in [0.3, 0.4) is 0 Å². The maximum Gasteiger partial charge on any atom is 0.259 e. The van der Waals surface area contributed by atoms with E-state index in [9.17, 15) is 9.59 Å². The van der Waals surface area contributed by atoms with Crippen LogP contribution in [-0.2, 0) is 9.59 Å². The molecule has 0 unspecified atom stereocenters. The van der Waals surface area contributed by atoms with Gasteiger partial charge in [-0.1, -0.05) is 13.2 Å². The molecule has 0 saturated heterocycles. The first-order valence-electron chi connectivity index (χ1n) is 3.77. The fraction of sp³-hybridized carbons (Fsp3) is 0.250. The third-order valence-corrected chi connectivity index (χ3v) is 1.18. The Kier molecular flexibility index (Phi) is 5.22. The van der Waals surface area contributed by atoms with Crippen molar-refractivity contribution in [2.75, 3.05) is 6.54 Å². The van der Waals surface area contributed by atoms with Crippen molar-refractivity contribution in [1.82, 2.24) is 16.0 Å². The highest BCUT2D eigenvalue weighted by atomic mass is 16.2. The largest absolute Gasteiger partial charge is 0.269 e. The van der Waals surface area contributed by atoms with E-state index in [4.69, 9.17) is 0 Å². The summed E-state index contributed by atoms with van der Waals surface area (Å²) in [4.78, 5) is 21.6. The summed E-state index contributed by atoms with van der Waals surface area (Å²) in [5, 5.41) is 1.24. The highest BCUT2D eigenvalue weighted by molar-refractivity contribution is 5.88. The molecule has 0 heterocycles. The number of nitrogens with one attached hydrogen (secondary N) is 2. The molecule has 0 bridgehead atoms. The first kappa shape index (κ1) is 11.4. The van der Waals surface area contributed by atoms with Gasteiger partial charge in [0.05, 0.1) is 0 Å². The van der Waals surface area contributed by atoms with Crippen LogP contribution in [0.4, 0.5) is 0 Å². The molecule has 0 aliphatic heterocycles. The second-order valence-corrected chi connectivity index (χ2v) is 2.10. The molecule has 0 radical (unpaired) electrons. The molecule has 5 nitrogen and oxygen atoms in total. The number of hydrazine groups is 2. The van der Waals surface area contributed by atoms with Gasteiger partial charge in [0, 0.05) is 6.54 Å². The van der Waals surface area contributed by atoms with Crippen molar-refractivity contribution in [2.24, 2.45) is 0 Å². The van der Waals surface area contributed by atoms with Gasteiger partial charge in [0.25, 0.3) is 11.8 Å². The van der Waals surface area contributed by atoms with E-state index in [1.807, 2.05) is 0 Å². The molecule has 0 fully saturated rings. The molecule has 72 valence electrons. The standard InChI is InChI=1S/C8H13N3O2/c1-4-7(12)9-11(6-3)10-8(13)5-2/h4-5H,1-2,6H2,3H3,(H,9,12)(H,10,13).